The summed E-state index contributed by atoms with van der Waals surface area (Å²) in [6.07, 6.45) is 4.05. The van der Waals surface area contributed by atoms with Crippen molar-refractivity contribution in [3.8, 4) is 11.1 Å². The van der Waals surface area contributed by atoms with Gasteiger partial charge in [-0.2, -0.15) is 0 Å². The molecule has 0 fully saturated rings. The Morgan fingerprint density at radius 1 is 1.00 bits per heavy atom. The number of fused-ring (bicyclic) bond motifs is 1. The molecule has 4 aromatic rings. The highest BCUT2D eigenvalue weighted by molar-refractivity contribution is 7.84. The van der Waals surface area contributed by atoms with Gasteiger partial charge in [-0.3, -0.25) is 9.00 Å². The molecule has 39 heavy (non-hydrogen) atoms. The number of aryl methyl sites for hydroxylation is 1. The standard InChI is InChI=1S/C29H21F3N3O3S/c1-16-6-7-17(29(36)33-19-10-8-18(30)9-11-19)14-21(16)22-15-25(39(2)38)34-27-20(22)12-13-35(37)28(27)26-23(31)4-3-5-24(26)32/h3-15,28H,1-2H3,(H,33,36)/q-1. The van der Waals surface area contributed by atoms with Crippen LogP contribution in [-0.2, 0) is 10.8 Å². The first-order chi connectivity index (χ1) is 18.6. The number of halogens is 3. The highest BCUT2D eigenvalue weighted by atomic mass is 32.2. The van der Waals surface area contributed by atoms with Crippen LogP contribution in [0.5, 0.6) is 0 Å². The third kappa shape index (κ3) is 5.08. The van der Waals surface area contributed by atoms with E-state index in [-0.39, 0.29) is 16.3 Å². The predicted molar refractivity (Wildman–Crippen MR) is 144 cm³/mol. The number of hydroxylamine groups is 2. The van der Waals surface area contributed by atoms with Crippen LogP contribution in [0.4, 0.5) is 18.9 Å². The van der Waals surface area contributed by atoms with Gasteiger partial charge in [-0.1, -0.05) is 12.1 Å². The third-order valence-electron chi connectivity index (χ3n) is 6.43. The Balaban J connectivity index is 1.66. The van der Waals surface area contributed by atoms with Crippen LogP contribution in [0.25, 0.3) is 17.2 Å². The lowest BCUT2D eigenvalue weighted by Crippen LogP contribution is -2.26. The zero-order chi connectivity index (χ0) is 27.8. The Morgan fingerprint density at radius 3 is 2.36 bits per heavy atom. The van der Waals surface area contributed by atoms with Crippen molar-refractivity contribution >= 4 is 28.5 Å². The second-order valence-corrected chi connectivity index (χ2v) is 10.3. The molecule has 0 spiro atoms. The summed E-state index contributed by atoms with van der Waals surface area (Å²) in [5, 5.41) is 16.1. The Kier molecular flexibility index (Phi) is 7.07. The van der Waals surface area contributed by atoms with Crippen molar-refractivity contribution in [2.24, 2.45) is 0 Å². The second-order valence-electron chi connectivity index (χ2n) is 8.97. The van der Waals surface area contributed by atoms with Crippen LogP contribution >= 0.6 is 0 Å². The van der Waals surface area contributed by atoms with Crippen LogP contribution in [0.2, 0.25) is 0 Å². The van der Waals surface area contributed by atoms with Gasteiger partial charge in [0.05, 0.1) is 28.1 Å². The Bertz CT molecular complexity index is 1640. The van der Waals surface area contributed by atoms with Gasteiger partial charge in [0.25, 0.3) is 5.91 Å². The van der Waals surface area contributed by atoms with Crippen molar-refractivity contribution in [3.63, 3.8) is 0 Å². The molecule has 198 valence electrons. The van der Waals surface area contributed by atoms with Gasteiger partial charge in [-0.05, 0) is 90.5 Å². The summed E-state index contributed by atoms with van der Waals surface area (Å²) in [6, 6.07) is 13.7. The number of carbonyl (C=O) groups is 1. The molecule has 10 heteroatoms. The molecular formula is C29H21F3N3O3S-. The number of amides is 1. The smallest absolute Gasteiger partial charge is 0.255 e. The van der Waals surface area contributed by atoms with E-state index in [9.17, 15) is 27.4 Å². The van der Waals surface area contributed by atoms with Crippen LogP contribution in [0, 0.1) is 29.6 Å². The molecule has 1 aliphatic rings. The molecule has 1 aliphatic heterocycles. The number of anilines is 1. The molecule has 1 amide bonds. The number of hydrogen-bond acceptors (Lipinski definition) is 5. The Hall–Kier alpha value is -4.28. The molecule has 2 heterocycles. The van der Waals surface area contributed by atoms with E-state index in [4.69, 9.17) is 0 Å². The molecule has 0 aliphatic carbocycles. The van der Waals surface area contributed by atoms with Gasteiger partial charge < -0.3 is 15.6 Å². The van der Waals surface area contributed by atoms with Crippen LogP contribution < -0.4 is 5.32 Å². The number of aromatic nitrogens is 1. The van der Waals surface area contributed by atoms with Gasteiger partial charge in [0, 0.05) is 23.1 Å². The molecular weight excluding hydrogens is 527 g/mol. The maximum atomic E-state index is 14.8. The van der Waals surface area contributed by atoms with Gasteiger partial charge in [0.1, 0.15) is 22.5 Å². The zero-order valence-corrected chi connectivity index (χ0v) is 21.6. The molecule has 6 nitrogen and oxygen atoms in total. The van der Waals surface area contributed by atoms with Crippen molar-refractivity contribution in [2.75, 3.05) is 11.6 Å². The largest absolute Gasteiger partial charge is 0.758 e. The molecule has 3 aromatic carbocycles. The van der Waals surface area contributed by atoms with Crippen LogP contribution in [-0.4, -0.2) is 26.4 Å². The van der Waals surface area contributed by atoms with Gasteiger partial charge in [0.2, 0.25) is 0 Å². The van der Waals surface area contributed by atoms with Gasteiger partial charge in [-0.15, -0.1) is 0 Å². The Labute approximate surface area is 224 Å². The average molecular weight is 549 g/mol. The van der Waals surface area contributed by atoms with E-state index >= 15 is 0 Å². The summed E-state index contributed by atoms with van der Waals surface area (Å²) in [5.74, 6) is -2.71. The first-order valence-corrected chi connectivity index (χ1v) is 13.3. The first-order valence-electron chi connectivity index (χ1n) is 11.8. The molecule has 1 N–H and O–H groups in total. The number of carbonyl (C=O) groups excluding carboxylic acids is 1. The first kappa shape index (κ1) is 26.3. The highest BCUT2D eigenvalue weighted by Crippen LogP contribution is 2.41. The minimum Gasteiger partial charge on any atom is -0.758 e. The number of nitrogens with zero attached hydrogens (tertiary/aromatic N) is 2. The topological polar surface area (TPSA) is 85.4 Å². The molecule has 1 aromatic heterocycles. The lowest BCUT2D eigenvalue weighted by Gasteiger charge is -2.40. The van der Waals surface area contributed by atoms with Crippen molar-refractivity contribution < 1.29 is 22.2 Å². The number of pyridine rings is 1. The number of hydrogen-bond donors (Lipinski definition) is 1. The maximum Gasteiger partial charge on any atom is 0.255 e. The van der Waals surface area contributed by atoms with Gasteiger partial charge in [-0.25, -0.2) is 18.2 Å². The quantitative estimate of drug-likeness (QED) is 0.315. The van der Waals surface area contributed by atoms with Crippen molar-refractivity contribution in [3.05, 3.63) is 124 Å². The maximum absolute atomic E-state index is 14.8. The molecule has 0 saturated carbocycles. The molecule has 2 atom stereocenters. The monoisotopic (exact) mass is 548 g/mol. The Morgan fingerprint density at radius 2 is 1.69 bits per heavy atom. The van der Waals surface area contributed by atoms with E-state index in [1.165, 1.54) is 42.7 Å². The molecule has 2 unspecified atom stereocenters. The molecule has 0 bridgehead atoms. The normalized spacial score (nSPS) is 15.1. The summed E-state index contributed by atoms with van der Waals surface area (Å²) < 4.78 is 55.4. The summed E-state index contributed by atoms with van der Waals surface area (Å²) >= 11 is 0. The molecule has 5 rings (SSSR count). The van der Waals surface area contributed by atoms with Gasteiger partial charge >= 0.3 is 0 Å². The van der Waals surface area contributed by atoms with E-state index in [0.717, 1.165) is 23.9 Å². The minimum atomic E-state index is -1.61. The minimum absolute atomic E-state index is 0.0415. The number of nitrogens with one attached hydrogen (secondary N) is 1. The fourth-order valence-corrected chi connectivity index (χ4v) is 5.00. The van der Waals surface area contributed by atoms with E-state index in [1.807, 2.05) is 6.92 Å². The van der Waals surface area contributed by atoms with Crippen molar-refractivity contribution in [1.82, 2.24) is 10.0 Å². The number of rotatable bonds is 5. The predicted octanol–water partition coefficient (Wildman–Crippen LogP) is 6.34. The second kappa shape index (κ2) is 10.5. The lowest BCUT2D eigenvalue weighted by molar-refractivity contribution is 0.102. The average Bonchev–Trinajstić information content (AvgIpc) is 2.90. The van der Waals surface area contributed by atoms with Crippen LogP contribution in [0.3, 0.4) is 0 Å². The molecule has 0 saturated heterocycles. The van der Waals surface area contributed by atoms with Crippen LogP contribution in [0.1, 0.15) is 38.8 Å². The third-order valence-corrected chi connectivity index (χ3v) is 7.22. The van der Waals surface area contributed by atoms with Gasteiger partial charge in [0.15, 0.2) is 0 Å². The van der Waals surface area contributed by atoms with E-state index in [1.54, 1.807) is 24.3 Å². The summed E-state index contributed by atoms with van der Waals surface area (Å²) in [5.41, 5.74) is 2.48. The highest BCUT2D eigenvalue weighted by Gasteiger charge is 2.30. The van der Waals surface area contributed by atoms with E-state index < -0.39 is 45.8 Å². The van der Waals surface area contributed by atoms with Crippen molar-refractivity contribution in [1.29, 1.82) is 0 Å². The van der Waals surface area contributed by atoms with E-state index in [0.29, 0.717) is 27.4 Å². The van der Waals surface area contributed by atoms with E-state index in [2.05, 4.69) is 10.3 Å². The lowest BCUT2D eigenvalue weighted by atomic mass is 9.89. The zero-order valence-electron chi connectivity index (χ0n) is 20.7. The molecule has 0 radical (unpaired) electrons. The van der Waals surface area contributed by atoms with Crippen molar-refractivity contribution in [2.45, 2.75) is 18.0 Å². The summed E-state index contributed by atoms with van der Waals surface area (Å²) in [4.78, 5) is 17.4. The SMILES string of the molecule is Cc1ccc(C(=O)Nc2ccc(F)cc2)cc1-c1cc(S(C)=O)nc2c1C=CN([O-])C2c1c(F)cccc1F. The fraction of sp³-hybridized carbons (Fsp3) is 0.103. The van der Waals surface area contributed by atoms with Crippen LogP contribution in [0.15, 0.2) is 78.0 Å². The summed E-state index contributed by atoms with van der Waals surface area (Å²) in [6.45, 7) is 1.81. The fourth-order valence-electron chi connectivity index (χ4n) is 4.48. The number of benzene rings is 3. The summed E-state index contributed by atoms with van der Waals surface area (Å²) in [7, 11) is -1.61.